The first-order valence-corrected chi connectivity index (χ1v) is 14.0. The Hall–Kier alpha value is -4.63. The Balaban J connectivity index is 1.72. The van der Waals surface area contributed by atoms with Crippen LogP contribution >= 0.6 is 0 Å². The van der Waals surface area contributed by atoms with Crippen molar-refractivity contribution in [3.63, 3.8) is 0 Å². The van der Waals surface area contributed by atoms with Gasteiger partial charge in [0.1, 0.15) is 11.3 Å². The molecule has 1 aliphatic carbocycles. The monoisotopic (exact) mass is 591 g/mol. The normalized spacial score (nSPS) is 13.9. The zero-order valence-corrected chi connectivity index (χ0v) is 24.1. The molecule has 224 valence electrons. The molecule has 43 heavy (non-hydrogen) atoms. The highest BCUT2D eigenvalue weighted by atomic mass is 19.4. The van der Waals surface area contributed by atoms with Gasteiger partial charge in [-0.05, 0) is 69.3 Å². The van der Waals surface area contributed by atoms with E-state index in [9.17, 15) is 22.8 Å². The highest BCUT2D eigenvalue weighted by molar-refractivity contribution is 6.00. The lowest BCUT2D eigenvalue weighted by molar-refractivity contribution is -0.137. The van der Waals surface area contributed by atoms with Crippen LogP contribution in [0.25, 0.3) is 27.6 Å². The number of carbonyl (C=O) groups excluding carboxylic acids is 1. The minimum atomic E-state index is -4.62. The van der Waals surface area contributed by atoms with Crippen LogP contribution in [0.5, 0.6) is 0 Å². The standard InChI is InChI=1S/C31H32F3N7O2/c1-35-23-12-13-25(20(18-23)15-17-38(2)3)40-26(14-16-36-40)28-27(29(42)37-22-9-5-6-10-22)30(43)41(39(28)4)24-11-7-8-21(19-24)31(32,33)34/h7-8,11-14,16,18-19,22H,5-6,9-10,15,17H2,2-4H3,(H,37,42). The van der Waals surface area contributed by atoms with E-state index in [0.717, 1.165) is 48.1 Å². The zero-order chi connectivity index (χ0) is 30.9. The van der Waals surface area contributed by atoms with Crippen LogP contribution in [-0.4, -0.2) is 56.6 Å². The Morgan fingerprint density at radius 3 is 2.56 bits per heavy atom. The highest BCUT2D eigenvalue weighted by Gasteiger charge is 2.33. The van der Waals surface area contributed by atoms with Crippen LogP contribution in [0, 0.1) is 6.57 Å². The molecular formula is C31H32F3N7O2. The van der Waals surface area contributed by atoms with Crippen LogP contribution in [0.1, 0.15) is 47.2 Å². The van der Waals surface area contributed by atoms with Crippen molar-refractivity contribution in [2.24, 2.45) is 7.05 Å². The van der Waals surface area contributed by atoms with Crippen molar-refractivity contribution in [3.8, 4) is 22.8 Å². The molecule has 0 aliphatic heterocycles. The van der Waals surface area contributed by atoms with E-state index in [0.29, 0.717) is 30.0 Å². The number of aromatic nitrogens is 4. The summed E-state index contributed by atoms with van der Waals surface area (Å²) in [7, 11) is 5.42. The molecule has 0 bridgehead atoms. The van der Waals surface area contributed by atoms with Gasteiger partial charge in [-0.25, -0.2) is 14.2 Å². The smallest absolute Gasteiger partial charge is 0.349 e. The molecule has 0 unspecified atom stereocenters. The van der Waals surface area contributed by atoms with E-state index >= 15 is 0 Å². The lowest BCUT2D eigenvalue weighted by Crippen LogP contribution is -2.36. The minimum absolute atomic E-state index is 0.0253. The number of likely N-dealkylation sites (N-methyl/N-ethyl adjacent to an activating group) is 1. The van der Waals surface area contributed by atoms with Crippen LogP contribution in [0.2, 0.25) is 0 Å². The van der Waals surface area contributed by atoms with Crippen molar-refractivity contribution in [1.82, 2.24) is 29.4 Å². The molecule has 1 fully saturated rings. The van der Waals surface area contributed by atoms with Gasteiger partial charge in [0, 0.05) is 19.6 Å². The molecule has 1 aliphatic rings. The van der Waals surface area contributed by atoms with Gasteiger partial charge >= 0.3 is 6.18 Å². The topological polar surface area (TPSA) is 81.5 Å². The minimum Gasteiger partial charge on any atom is -0.349 e. The maximum absolute atomic E-state index is 14.0. The second-order valence-electron chi connectivity index (χ2n) is 11.0. The van der Waals surface area contributed by atoms with E-state index in [1.54, 1.807) is 35.1 Å². The number of hydrogen-bond acceptors (Lipinski definition) is 4. The summed E-state index contributed by atoms with van der Waals surface area (Å²) in [5, 5.41) is 7.50. The third-order valence-electron chi connectivity index (χ3n) is 7.74. The van der Waals surface area contributed by atoms with Gasteiger partial charge in [-0.1, -0.05) is 31.0 Å². The molecule has 2 aromatic heterocycles. The molecular weight excluding hydrogens is 559 g/mol. The van der Waals surface area contributed by atoms with Crippen LogP contribution in [0.15, 0.2) is 59.5 Å². The summed E-state index contributed by atoms with van der Waals surface area (Å²) in [5.74, 6) is -0.586. The molecule has 1 saturated carbocycles. The first kappa shape index (κ1) is 29.8. The van der Waals surface area contributed by atoms with E-state index in [1.807, 2.05) is 19.0 Å². The van der Waals surface area contributed by atoms with Crippen molar-refractivity contribution in [2.45, 2.75) is 44.3 Å². The van der Waals surface area contributed by atoms with Crippen LogP contribution < -0.4 is 10.9 Å². The molecule has 4 aromatic rings. The van der Waals surface area contributed by atoms with Gasteiger partial charge in [0.05, 0.1) is 35.4 Å². The Morgan fingerprint density at radius 2 is 1.88 bits per heavy atom. The number of nitrogens with zero attached hydrogens (tertiary/aromatic N) is 6. The number of halogens is 3. The van der Waals surface area contributed by atoms with Crippen molar-refractivity contribution in [2.75, 3.05) is 20.6 Å². The fraction of sp³-hybridized carbons (Fsp3) is 0.355. The molecule has 5 rings (SSSR count). The van der Waals surface area contributed by atoms with Crippen LogP contribution in [0.4, 0.5) is 18.9 Å². The molecule has 0 radical (unpaired) electrons. The van der Waals surface area contributed by atoms with Gasteiger partial charge in [0.2, 0.25) is 0 Å². The average molecular weight is 592 g/mol. The summed E-state index contributed by atoms with van der Waals surface area (Å²) in [6.45, 7) is 8.17. The van der Waals surface area contributed by atoms with Gasteiger partial charge < -0.3 is 10.2 Å². The fourth-order valence-electron chi connectivity index (χ4n) is 5.60. The number of hydrogen-bond donors (Lipinski definition) is 1. The third-order valence-corrected chi connectivity index (χ3v) is 7.74. The lowest BCUT2D eigenvalue weighted by atomic mass is 10.1. The van der Waals surface area contributed by atoms with Crippen molar-refractivity contribution < 1.29 is 18.0 Å². The summed E-state index contributed by atoms with van der Waals surface area (Å²) in [4.78, 5) is 33.3. The summed E-state index contributed by atoms with van der Waals surface area (Å²) in [6, 6.07) is 11.3. The first-order valence-electron chi connectivity index (χ1n) is 14.0. The number of nitrogens with one attached hydrogen (secondary N) is 1. The van der Waals surface area contributed by atoms with Crippen molar-refractivity contribution >= 4 is 11.6 Å². The van der Waals surface area contributed by atoms with Gasteiger partial charge in [-0.15, -0.1) is 0 Å². The summed E-state index contributed by atoms with van der Waals surface area (Å²) >= 11 is 0. The van der Waals surface area contributed by atoms with E-state index in [4.69, 9.17) is 6.57 Å². The van der Waals surface area contributed by atoms with Crippen molar-refractivity contribution in [3.05, 3.63) is 93.2 Å². The predicted molar refractivity (Wildman–Crippen MR) is 157 cm³/mol. The molecule has 0 atom stereocenters. The first-order chi connectivity index (χ1) is 20.5. The predicted octanol–water partition coefficient (Wildman–Crippen LogP) is 5.37. The molecule has 2 heterocycles. The van der Waals surface area contributed by atoms with Crippen LogP contribution in [-0.2, 0) is 19.6 Å². The molecule has 9 nitrogen and oxygen atoms in total. The zero-order valence-electron chi connectivity index (χ0n) is 24.1. The Kier molecular flexibility index (Phi) is 8.28. The van der Waals surface area contributed by atoms with E-state index in [-0.39, 0.29) is 23.0 Å². The van der Waals surface area contributed by atoms with E-state index in [1.165, 1.54) is 23.9 Å². The second-order valence-corrected chi connectivity index (χ2v) is 11.0. The average Bonchev–Trinajstić information content (AvgIpc) is 3.71. The number of carbonyl (C=O) groups is 1. The largest absolute Gasteiger partial charge is 0.416 e. The molecule has 12 heteroatoms. The van der Waals surface area contributed by atoms with Gasteiger partial charge in [0.25, 0.3) is 11.5 Å². The maximum Gasteiger partial charge on any atom is 0.416 e. The Bertz CT molecular complexity index is 1750. The molecule has 0 spiro atoms. The lowest BCUT2D eigenvalue weighted by Gasteiger charge is -2.17. The van der Waals surface area contributed by atoms with Crippen LogP contribution in [0.3, 0.4) is 0 Å². The number of amides is 1. The number of alkyl halides is 3. The van der Waals surface area contributed by atoms with Gasteiger partial charge in [-0.3, -0.25) is 14.3 Å². The second kappa shape index (κ2) is 11.9. The summed E-state index contributed by atoms with van der Waals surface area (Å²) in [5.41, 5.74) is 0.729. The van der Waals surface area contributed by atoms with Crippen molar-refractivity contribution in [1.29, 1.82) is 0 Å². The fourth-order valence-corrected chi connectivity index (χ4v) is 5.60. The number of benzene rings is 2. The highest BCUT2D eigenvalue weighted by Crippen LogP contribution is 2.32. The van der Waals surface area contributed by atoms with Gasteiger partial charge in [0.15, 0.2) is 5.69 Å². The molecule has 0 saturated heterocycles. The summed E-state index contributed by atoms with van der Waals surface area (Å²) in [6.07, 6.45) is 1.03. The maximum atomic E-state index is 14.0. The number of rotatable bonds is 8. The molecule has 1 amide bonds. The SMILES string of the molecule is [C-]#[N+]c1ccc(-n2nccc2-c2c(C(=O)NC3CCCC3)c(=O)n(-c3cccc(C(F)(F)F)c3)n2C)c(CCN(C)C)c1. The van der Waals surface area contributed by atoms with Gasteiger partial charge in [-0.2, -0.15) is 18.3 Å². The third kappa shape index (κ3) is 5.99. The van der Waals surface area contributed by atoms with E-state index < -0.39 is 23.2 Å². The summed E-state index contributed by atoms with van der Waals surface area (Å²) < 4.78 is 44.9. The Morgan fingerprint density at radius 1 is 1.14 bits per heavy atom. The quantitative estimate of drug-likeness (QED) is 0.279. The Labute approximate surface area is 246 Å². The molecule has 1 N–H and O–H groups in total. The molecule has 2 aromatic carbocycles. The van der Waals surface area contributed by atoms with E-state index in [2.05, 4.69) is 15.3 Å².